The van der Waals surface area contributed by atoms with E-state index in [1.807, 2.05) is 17.5 Å². The van der Waals surface area contributed by atoms with Crippen LogP contribution in [-0.2, 0) is 4.84 Å². The quantitative estimate of drug-likeness (QED) is 0.657. The van der Waals surface area contributed by atoms with Gasteiger partial charge in [0, 0.05) is 0 Å². The molecule has 0 aliphatic rings. The Morgan fingerprint density at radius 2 is 2.12 bits per heavy atom. The van der Waals surface area contributed by atoms with Gasteiger partial charge in [-0.2, -0.15) is 5.10 Å². The van der Waals surface area contributed by atoms with Crippen LogP contribution in [0.15, 0.2) is 41.8 Å². The predicted octanol–water partition coefficient (Wildman–Crippen LogP) is 4.59. The smallest absolute Gasteiger partial charge is 0.274 e. The molecule has 3 rings (SSSR count). The van der Waals surface area contributed by atoms with E-state index in [0.717, 1.165) is 4.88 Å². The van der Waals surface area contributed by atoms with Crippen molar-refractivity contribution in [3.05, 3.63) is 57.5 Å². The maximum absolute atomic E-state index is 12.4. The monoisotopic (exact) mass is 381 g/mol. The Morgan fingerprint density at radius 1 is 1.29 bits per heavy atom. The zero-order valence-electron chi connectivity index (χ0n) is 12.6. The first kappa shape index (κ1) is 17.0. The largest absolute Gasteiger partial charge is 0.293 e. The average Bonchev–Trinajstić information content (AvgIpc) is 3.24. The van der Waals surface area contributed by atoms with Crippen molar-refractivity contribution in [2.45, 2.75) is 6.92 Å². The van der Waals surface area contributed by atoms with Crippen LogP contribution in [0.25, 0.3) is 16.3 Å². The Balaban J connectivity index is 2.08. The highest BCUT2D eigenvalue weighted by atomic mass is 35.5. The van der Waals surface area contributed by atoms with Gasteiger partial charge in [0.25, 0.3) is 5.91 Å². The van der Waals surface area contributed by atoms with Crippen LogP contribution in [0.3, 0.4) is 0 Å². The van der Waals surface area contributed by atoms with Gasteiger partial charge in [-0.3, -0.25) is 9.63 Å². The lowest BCUT2D eigenvalue weighted by Gasteiger charge is -2.08. The number of carbonyl (C=O) groups is 1. The van der Waals surface area contributed by atoms with Gasteiger partial charge in [0.2, 0.25) is 0 Å². The van der Waals surface area contributed by atoms with Crippen molar-refractivity contribution in [1.82, 2.24) is 15.3 Å². The number of benzene rings is 1. The van der Waals surface area contributed by atoms with Gasteiger partial charge in [-0.25, -0.2) is 10.2 Å². The van der Waals surface area contributed by atoms with Crippen LogP contribution in [0.4, 0.5) is 0 Å². The third-order valence-corrected chi connectivity index (χ3v) is 4.80. The molecule has 0 fully saturated rings. The van der Waals surface area contributed by atoms with Crippen LogP contribution in [0.1, 0.15) is 17.4 Å². The molecule has 1 N–H and O–H groups in total. The summed E-state index contributed by atoms with van der Waals surface area (Å²) in [5.41, 5.74) is 4.05. The number of rotatable bonds is 5. The van der Waals surface area contributed by atoms with Crippen LogP contribution < -0.4 is 5.48 Å². The molecule has 0 radical (unpaired) electrons. The summed E-state index contributed by atoms with van der Waals surface area (Å²) in [6, 6.07) is 10.6. The van der Waals surface area contributed by atoms with Gasteiger partial charge in [0.15, 0.2) is 0 Å². The van der Waals surface area contributed by atoms with Crippen molar-refractivity contribution in [2.75, 3.05) is 6.61 Å². The average molecular weight is 382 g/mol. The number of halogens is 2. The Labute approximate surface area is 152 Å². The standard InChI is InChI=1S/C16H13Cl2N3O2S/c1-2-23-20-16(22)14-9-13(15-4-3-7-24-15)19-21(14)10-5-6-11(17)12(18)8-10/h3-9H,2H2,1H3,(H,20,22). The highest BCUT2D eigenvalue weighted by molar-refractivity contribution is 7.13. The normalized spacial score (nSPS) is 10.8. The highest BCUT2D eigenvalue weighted by Crippen LogP contribution is 2.28. The first-order chi connectivity index (χ1) is 11.6. The van der Waals surface area contributed by atoms with E-state index in [4.69, 9.17) is 28.0 Å². The molecular formula is C16H13Cl2N3O2S. The van der Waals surface area contributed by atoms with Crippen molar-refractivity contribution >= 4 is 40.4 Å². The van der Waals surface area contributed by atoms with Crippen molar-refractivity contribution in [3.63, 3.8) is 0 Å². The van der Waals surface area contributed by atoms with E-state index in [0.29, 0.717) is 33.7 Å². The third kappa shape index (κ3) is 3.47. The van der Waals surface area contributed by atoms with Gasteiger partial charge in [0.1, 0.15) is 11.4 Å². The van der Waals surface area contributed by atoms with E-state index in [2.05, 4.69) is 10.6 Å². The Kier molecular flexibility index (Phi) is 5.20. The molecule has 0 unspecified atom stereocenters. The fourth-order valence-corrected chi connectivity index (χ4v) is 3.06. The second kappa shape index (κ2) is 7.36. The van der Waals surface area contributed by atoms with E-state index in [1.165, 1.54) is 4.68 Å². The molecule has 0 atom stereocenters. The number of hydrogen-bond donors (Lipinski definition) is 1. The lowest BCUT2D eigenvalue weighted by Crippen LogP contribution is -2.26. The van der Waals surface area contributed by atoms with Crippen molar-refractivity contribution < 1.29 is 9.63 Å². The number of nitrogens with zero attached hydrogens (tertiary/aromatic N) is 2. The molecule has 124 valence electrons. The maximum Gasteiger partial charge on any atom is 0.293 e. The summed E-state index contributed by atoms with van der Waals surface area (Å²) >= 11 is 13.6. The molecule has 1 amide bonds. The van der Waals surface area contributed by atoms with Crippen molar-refractivity contribution in [2.24, 2.45) is 0 Å². The second-order valence-corrected chi connectivity index (χ2v) is 6.53. The summed E-state index contributed by atoms with van der Waals surface area (Å²) in [4.78, 5) is 18.3. The summed E-state index contributed by atoms with van der Waals surface area (Å²) in [5.74, 6) is -0.391. The minimum atomic E-state index is -0.391. The Bertz CT molecular complexity index is 862. The van der Waals surface area contributed by atoms with Gasteiger partial charge in [-0.15, -0.1) is 11.3 Å². The summed E-state index contributed by atoms with van der Waals surface area (Å²) < 4.78 is 1.52. The van der Waals surface area contributed by atoms with E-state index >= 15 is 0 Å². The fraction of sp³-hybridized carbons (Fsp3) is 0.125. The highest BCUT2D eigenvalue weighted by Gasteiger charge is 2.18. The van der Waals surface area contributed by atoms with Gasteiger partial charge in [-0.05, 0) is 42.6 Å². The number of hydroxylamine groups is 1. The first-order valence-electron chi connectivity index (χ1n) is 7.11. The van der Waals surface area contributed by atoms with Gasteiger partial charge < -0.3 is 0 Å². The first-order valence-corrected chi connectivity index (χ1v) is 8.75. The molecule has 24 heavy (non-hydrogen) atoms. The minimum Gasteiger partial charge on any atom is -0.274 e. The fourth-order valence-electron chi connectivity index (χ4n) is 2.09. The molecular weight excluding hydrogens is 369 g/mol. The second-order valence-electron chi connectivity index (χ2n) is 4.77. The lowest BCUT2D eigenvalue weighted by atomic mass is 10.3. The summed E-state index contributed by atoms with van der Waals surface area (Å²) in [5, 5.41) is 7.31. The molecule has 0 aliphatic carbocycles. The topological polar surface area (TPSA) is 56.1 Å². The molecule has 8 heteroatoms. The van der Waals surface area contributed by atoms with Crippen molar-refractivity contribution in [1.29, 1.82) is 0 Å². The number of amides is 1. The predicted molar refractivity (Wildman–Crippen MR) is 96.0 cm³/mol. The molecule has 0 saturated heterocycles. The molecule has 0 saturated carbocycles. The van der Waals surface area contributed by atoms with Crippen LogP contribution in [0.5, 0.6) is 0 Å². The molecule has 0 bridgehead atoms. The molecule has 5 nitrogen and oxygen atoms in total. The summed E-state index contributed by atoms with van der Waals surface area (Å²) in [7, 11) is 0. The minimum absolute atomic E-state index is 0.338. The Hall–Kier alpha value is -1.86. The van der Waals surface area contributed by atoms with Crippen molar-refractivity contribution in [3.8, 4) is 16.3 Å². The third-order valence-electron chi connectivity index (χ3n) is 3.17. The molecule has 1 aromatic carbocycles. The van der Waals surface area contributed by atoms with Crippen LogP contribution >= 0.6 is 34.5 Å². The SMILES string of the molecule is CCONC(=O)c1cc(-c2cccs2)nn1-c1ccc(Cl)c(Cl)c1. The van der Waals surface area contributed by atoms with Gasteiger partial charge in [0.05, 0.1) is 27.2 Å². The number of carbonyl (C=O) groups excluding carboxylic acids is 1. The van der Waals surface area contributed by atoms with Crippen LogP contribution in [0.2, 0.25) is 10.0 Å². The molecule has 2 aromatic heterocycles. The number of nitrogens with one attached hydrogen (secondary N) is 1. The molecule has 0 spiro atoms. The van der Waals surface area contributed by atoms with E-state index in [-0.39, 0.29) is 0 Å². The van der Waals surface area contributed by atoms with E-state index in [1.54, 1.807) is 42.5 Å². The van der Waals surface area contributed by atoms with E-state index < -0.39 is 5.91 Å². The number of thiophene rings is 1. The number of hydrogen-bond acceptors (Lipinski definition) is 4. The summed E-state index contributed by atoms with van der Waals surface area (Å²) in [6.45, 7) is 2.15. The van der Waals surface area contributed by atoms with Gasteiger partial charge >= 0.3 is 0 Å². The van der Waals surface area contributed by atoms with Crippen LogP contribution in [-0.4, -0.2) is 22.3 Å². The van der Waals surface area contributed by atoms with Gasteiger partial charge in [-0.1, -0.05) is 29.3 Å². The molecule has 0 aliphatic heterocycles. The maximum atomic E-state index is 12.4. The van der Waals surface area contributed by atoms with Crippen LogP contribution in [0, 0.1) is 0 Å². The van der Waals surface area contributed by atoms with E-state index in [9.17, 15) is 4.79 Å². The zero-order valence-corrected chi connectivity index (χ0v) is 15.0. The number of aromatic nitrogens is 2. The molecule has 2 heterocycles. The Morgan fingerprint density at radius 3 is 2.79 bits per heavy atom. The summed E-state index contributed by atoms with van der Waals surface area (Å²) in [6.07, 6.45) is 0. The zero-order chi connectivity index (χ0) is 17.1. The lowest BCUT2D eigenvalue weighted by molar-refractivity contribution is 0.0357. The molecule has 3 aromatic rings.